The van der Waals surface area contributed by atoms with Gasteiger partial charge in [0.05, 0.1) is 11.0 Å². The number of rotatable bonds is 4. The summed E-state index contributed by atoms with van der Waals surface area (Å²) in [6, 6.07) is 16.1. The lowest BCUT2D eigenvalue weighted by atomic mass is 9.91. The van der Waals surface area contributed by atoms with Crippen LogP contribution in [0.3, 0.4) is 0 Å². The van der Waals surface area contributed by atoms with Crippen LogP contribution >= 0.6 is 11.8 Å². The largest absolute Gasteiger partial charge is 0.338 e. The number of carbonyl (C=O) groups excluding carboxylic acids is 1. The molecule has 1 aliphatic rings. The van der Waals surface area contributed by atoms with E-state index in [1.54, 1.807) is 11.8 Å². The Kier molecular flexibility index (Phi) is 5.21. The number of hydrogen-bond donors (Lipinski definition) is 1. The van der Waals surface area contributed by atoms with Gasteiger partial charge in [-0.1, -0.05) is 49.9 Å². The van der Waals surface area contributed by atoms with Crippen LogP contribution in [-0.2, 0) is 5.75 Å². The number of nitrogens with one attached hydrogen (secondary N) is 1. The van der Waals surface area contributed by atoms with Gasteiger partial charge >= 0.3 is 0 Å². The van der Waals surface area contributed by atoms with Crippen LogP contribution in [0.2, 0.25) is 0 Å². The monoisotopic (exact) mass is 379 g/mol. The molecule has 1 saturated heterocycles. The molecule has 1 fully saturated rings. The van der Waals surface area contributed by atoms with Gasteiger partial charge in [0.2, 0.25) is 0 Å². The Bertz CT molecular complexity index is 891. The maximum Gasteiger partial charge on any atom is 0.253 e. The van der Waals surface area contributed by atoms with E-state index in [0.717, 1.165) is 40.6 Å². The molecule has 140 valence electrons. The fourth-order valence-electron chi connectivity index (χ4n) is 3.90. The van der Waals surface area contributed by atoms with Crippen LogP contribution in [0.4, 0.5) is 0 Å². The molecule has 1 amide bonds. The molecule has 2 aromatic carbocycles. The summed E-state index contributed by atoms with van der Waals surface area (Å²) in [4.78, 5) is 22.7. The summed E-state index contributed by atoms with van der Waals surface area (Å²) in [6.07, 6.45) is 1.21. The standard InChI is InChI=1S/C22H25N3OS/c1-15-11-16(2)13-25(12-15)21(26)18-9-7-17(8-10-18)14-27-22-23-19-5-3-4-6-20(19)24-22/h3-10,15-16H,11-14H2,1-2H3,(H,23,24). The highest BCUT2D eigenvalue weighted by Crippen LogP contribution is 2.25. The lowest BCUT2D eigenvalue weighted by molar-refractivity contribution is 0.0623. The quantitative estimate of drug-likeness (QED) is 0.651. The second-order valence-electron chi connectivity index (χ2n) is 7.70. The highest BCUT2D eigenvalue weighted by atomic mass is 32.2. The number of piperidine rings is 1. The van der Waals surface area contributed by atoms with Gasteiger partial charge < -0.3 is 9.88 Å². The van der Waals surface area contributed by atoms with E-state index >= 15 is 0 Å². The molecule has 4 nitrogen and oxygen atoms in total. The molecular formula is C22H25N3OS. The number of H-pyrrole nitrogens is 1. The summed E-state index contributed by atoms with van der Waals surface area (Å²) in [6.45, 7) is 6.20. The number of aromatic amines is 1. The average molecular weight is 380 g/mol. The maximum absolute atomic E-state index is 12.8. The van der Waals surface area contributed by atoms with Gasteiger partial charge in [-0.2, -0.15) is 0 Å². The fourth-order valence-corrected chi connectivity index (χ4v) is 4.75. The molecule has 1 N–H and O–H groups in total. The van der Waals surface area contributed by atoms with E-state index < -0.39 is 0 Å². The summed E-state index contributed by atoms with van der Waals surface area (Å²) >= 11 is 1.68. The topological polar surface area (TPSA) is 49.0 Å². The second kappa shape index (κ2) is 7.77. The maximum atomic E-state index is 12.8. The summed E-state index contributed by atoms with van der Waals surface area (Å²) in [5.74, 6) is 2.14. The highest BCUT2D eigenvalue weighted by molar-refractivity contribution is 7.98. The van der Waals surface area contributed by atoms with Crippen molar-refractivity contribution in [2.24, 2.45) is 11.8 Å². The van der Waals surface area contributed by atoms with Crippen molar-refractivity contribution in [2.45, 2.75) is 31.2 Å². The van der Waals surface area contributed by atoms with Gasteiger partial charge in [-0.25, -0.2) is 4.98 Å². The summed E-state index contributed by atoms with van der Waals surface area (Å²) in [5.41, 5.74) is 4.03. The predicted octanol–water partition coefficient (Wildman–Crippen LogP) is 4.97. The number of aromatic nitrogens is 2. The van der Waals surface area contributed by atoms with Gasteiger partial charge in [0.1, 0.15) is 0 Å². The molecule has 0 radical (unpaired) electrons. The van der Waals surface area contributed by atoms with Crippen LogP contribution in [0.5, 0.6) is 0 Å². The van der Waals surface area contributed by atoms with Gasteiger partial charge in [0.15, 0.2) is 5.16 Å². The number of likely N-dealkylation sites (tertiary alicyclic amines) is 1. The first-order chi connectivity index (χ1) is 13.1. The van der Waals surface area contributed by atoms with Gasteiger partial charge in [0, 0.05) is 24.4 Å². The molecule has 2 atom stereocenters. The summed E-state index contributed by atoms with van der Waals surface area (Å²) in [5, 5.41) is 0.924. The first-order valence-electron chi connectivity index (χ1n) is 9.54. The molecule has 5 heteroatoms. The molecule has 27 heavy (non-hydrogen) atoms. The van der Waals surface area contributed by atoms with E-state index in [9.17, 15) is 4.79 Å². The van der Waals surface area contributed by atoms with E-state index in [1.165, 1.54) is 12.0 Å². The number of thioether (sulfide) groups is 1. The number of amides is 1. The highest BCUT2D eigenvalue weighted by Gasteiger charge is 2.25. The minimum atomic E-state index is 0.157. The minimum Gasteiger partial charge on any atom is -0.338 e. The number of carbonyl (C=O) groups is 1. The lowest BCUT2D eigenvalue weighted by Gasteiger charge is -2.35. The zero-order valence-corrected chi connectivity index (χ0v) is 16.6. The van der Waals surface area contributed by atoms with Crippen molar-refractivity contribution in [3.63, 3.8) is 0 Å². The van der Waals surface area contributed by atoms with E-state index in [0.29, 0.717) is 11.8 Å². The van der Waals surface area contributed by atoms with Crippen molar-refractivity contribution in [3.8, 4) is 0 Å². The van der Waals surface area contributed by atoms with Gasteiger partial charge in [-0.15, -0.1) is 0 Å². The molecular weight excluding hydrogens is 354 g/mol. The van der Waals surface area contributed by atoms with Crippen LogP contribution in [-0.4, -0.2) is 33.9 Å². The van der Waals surface area contributed by atoms with Crippen LogP contribution < -0.4 is 0 Å². The molecule has 2 unspecified atom stereocenters. The van der Waals surface area contributed by atoms with Crippen molar-refractivity contribution in [1.29, 1.82) is 0 Å². The van der Waals surface area contributed by atoms with Crippen molar-refractivity contribution in [1.82, 2.24) is 14.9 Å². The molecule has 0 aliphatic carbocycles. The zero-order valence-electron chi connectivity index (χ0n) is 15.8. The van der Waals surface area contributed by atoms with Gasteiger partial charge in [-0.05, 0) is 48.1 Å². The average Bonchev–Trinajstić information content (AvgIpc) is 3.08. The van der Waals surface area contributed by atoms with Crippen molar-refractivity contribution >= 4 is 28.7 Å². The summed E-state index contributed by atoms with van der Waals surface area (Å²) in [7, 11) is 0. The third-order valence-electron chi connectivity index (χ3n) is 5.10. The number of benzene rings is 2. The first kappa shape index (κ1) is 18.1. The molecule has 4 rings (SSSR count). The Morgan fingerprint density at radius 3 is 2.52 bits per heavy atom. The third kappa shape index (κ3) is 4.19. The third-order valence-corrected chi connectivity index (χ3v) is 6.04. The van der Waals surface area contributed by atoms with E-state index in [-0.39, 0.29) is 5.91 Å². The molecule has 2 heterocycles. The normalized spacial score (nSPS) is 20.1. The van der Waals surface area contributed by atoms with Crippen molar-refractivity contribution < 1.29 is 4.79 Å². The number of fused-ring (bicyclic) bond motifs is 1. The van der Waals surface area contributed by atoms with Gasteiger partial charge in [-0.3, -0.25) is 4.79 Å². The Morgan fingerprint density at radius 2 is 1.81 bits per heavy atom. The van der Waals surface area contributed by atoms with Gasteiger partial charge in [0.25, 0.3) is 5.91 Å². The molecule has 1 aliphatic heterocycles. The number of hydrogen-bond acceptors (Lipinski definition) is 3. The molecule has 0 spiro atoms. The van der Waals surface area contributed by atoms with Crippen molar-refractivity contribution in [2.75, 3.05) is 13.1 Å². The Balaban J connectivity index is 1.39. The Morgan fingerprint density at radius 1 is 1.11 bits per heavy atom. The second-order valence-corrected chi connectivity index (χ2v) is 8.66. The van der Waals surface area contributed by atoms with Crippen LogP contribution in [0.1, 0.15) is 36.2 Å². The predicted molar refractivity (Wildman–Crippen MR) is 111 cm³/mol. The first-order valence-corrected chi connectivity index (χ1v) is 10.5. The van der Waals surface area contributed by atoms with E-state index in [2.05, 4.69) is 35.9 Å². The smallest absolute Gasteiger partial charge is 0.253 e. The van der Waals surface area contributed by atoms with Crippen molar-refractivity contribution in [3.05, 3.63) is 59.7 Å². The Labute approximate surface area is 164 Å². The SMILES string of the molecule is CC1CC(C)CN(C(=O)c2ccc(CSc3nc4ccccc4[nH]3)cc2)C1. The van der Waals surface area contributed by atoms with Crippen LogP contribution in [0, 0.1) is 11.8 Å². The number of nitrogens with zero attached hydrogens (tertiary/aromatic N) is 2. The zero-order chi connectivity index (χ0) is 18.8. The van der Waals surface area contributed by atoms with E-state index in [4.69, 9.17) is 0 Å². The number of imidazole rings is 1. The Hall–Kier alpha value is -2.27. The molecule has 0 saturated carbocycles. The molecule has 3 aromatic rings. The molecule has 0 bridgehead atoms. The van der Waals surface area contributed by atoms with Crippen LogP contribution in [0.15, 0.2) is 53.7 Å². The fraction of sp³-hybridized carbons (Fsp3) is 0.364. The lowest BCUT2D eigenvalue weighted by Crippen LogP contribution is -2.42. The number of para-hydroxylation sites is 2. The summed E-state index contributed by atoms with van der Waals surface area (Å²) < 4.78 is 0. The molecule has 1 aromatic heterocycles. The minimum absolute atomic E-state index is 0.157. The van der Waals surface area contributed by atoms with E-state index in [1.807, 2.05) is 41.3 Å². The van der Waals surface area contributed by atoms with Crippen LogP contribution in [0.25, 0.3) is 11.0 Å².